The molecule has 2 N–H and O–H groups in total. The highest BCUT2D eigenvalue weighted by Crippen LogP contribution is 2.24. The Balaban J connectivity index is 0.00000220. The van der Waals surface area contributed by atoms with Crippen LogP contribution in [0, 0.1) is 5.92 Å². The number of anilines is 1. The van der Waals surface area contributed by atoms with Gasteiger partial charge in [-0.05, 0) is 37.1 Å². The van der Waals surface area contributed by atoms with Crippen LogP contribution >= 0.6 is 0 Å². The summed E-state index contributed by atoms with van der Waals surface area (Å²) in [6.45, 7) is 1.56. The first-order valence-electron chi connectivity index (χ1n) is 6.58. The van der Waals surface area contributed by atoms with Crippen molar-refractivity contribution in [3.63, 3.8) is 0 Å². The van der Waals surface area contributed by atoms with Gasteiger partial charge in [0.05, 0.1) is 13.0 Å². The fourth-order valence-electron chi connectivity index (χ4n) is 2.44. The topological polar surface area (TPSA) is 95.2 Å². The largest absolute Gasteiger partial charge is 0.469 e. The van der Waals surface area contributed by atoms with E-state index in [0.29, 0.717) is 11.8 Å². The van der Waals surface area contributed by atoms with Crippen molar-refractivity contribution in [1.82, 2.24) is 0 Å². The summed E-state index contributed by atoms with van der Waals surface area (Å²) in [4.78, 5) is 35.2. The number of carbonyl (C=O) groups excluding carboxylic acids is 3. The van der Waals surface area contributed by atoms with Crippen molar-refractivity contribution in [1.29, 1.82) is 0 Å². The van der Waals surface area contributed by atoms with Crippen molar-refractivity contribution < 1.29 is 24.6 Å². The number of Topliss-reactive ketones (excluding diaryl/α,β-unsaturated/α-hetero) is 1. The normalized spacial score (nSPS) is 15.0. The quantitative estimate of drug-likeness (QED) is 0.351. The van der Waals surface area contributed by atoms with Crippen molar-refractivity contribution >= 4 is 23.7 Å². The summed E-state index contributed by atoms with van der Waals surface area (Å²) < 4.78 is 4.76. The number of piperidine rings is 1. The molecule has 0 unspecified atom stereocenters. The number of carbonyl (C=O) groups is 3. The summed E-state index contributed by atoms with van der Waals surface area (Å²) in [5.41, 5.74) is 1.39. The summed E-state index contributed by atoms with van der Waals surface area (Å²) in [5, 5.41) is 0. The van der Waals surface area contributed by atoms with Gasteiger partial charge in [-0.15, -0.1) is 0 Å². The van der Waals surface area contributed by atoms with Gasteiger partial charge in [0.2, 0.25) is 5.78 Å². The van der Waals surface area contributed by atoms with Gasteiger partial charge in [-0.2, -0.15) is 0 Å². The lowest BCUT2D eigenvalue weighted by Crippen LogP contribution is -2.36. The van der Waals surface area contributed by atoms with E-state index in [-0.39, 0.29) is 17.4 Å². The molecule has 0 bridgehead atoms. The van der Waals surface area contributed by atoms with E-state index in [1.54, 1.807) is 12.1 Å². The number of ether oxygens (including phenoxy) is 1. The number of benzene rings is 1. The highest BCUT2D eigenvalue weighted by Gasteiger charge is 2.25. The fraction of sp³-hybridized carbons (Fsp3) is 0.400. The summed E-state index contributed by atoms with van der Waals surface area (Å²) >= 11 is 0. The Morgan fingerprint density at radius 3 is 2.24 bits per heavy atom. The highest BCUT2D eigenvalue weighted by atomic mass is 16.5. The number of methoxy groups -OCH3 is 1. The van der Waals surface area contributed by atoms with E-state index >= 15 is 0 Å². The van der Waals surface area contributed by atoms with E-state index in [0.717, 1.165) is 31.6 Å². The van der Waals surface area contributed by atoms with Gasteiger partial charge in [-0.3, -0.25) is 14.4 Å². The van der Waals surface area contributed by atoms with Gasteiger partial charge in [0.25, 0.3) is 0 Å². The van der Waals surface area contributed by atoms with Gasteiger partial charge in [0.15, 0.2) is 6.29 Å². The van der Waals surface area contributed by atoms with Crippen LogP contribution in [0.5, 0.6) is 0 Å². The molecule has 0 aliphatic carbocycles. The first-order chi connectivity index (χ1) is 9.65. The molecule has 6 heteroatoms. The van der Waals surface area contributed by atoms with Gasteiger partial charge < -0.3 is 15.1 Å². The SMILES string of the molecule is COC(=O)C1CCN(c2ccc(C(=O)C=O)cc2)CC1.O. The van der Waals surface area contributed by atoms with Crippen molar-refractivity contribution in [3.05, 3.63) is 29.8 Å². The molecule has 1 aliphatic rings. The van der Waals surface area contributed by atoms with Crippen molar-refractivity contribution in [2.75, 3.05) is 25.1 Å². The molecule has 1 fully saturated rings. The van der Waals surface area contributed by atoms with E-state index in [9.17, 15) is 14.4 Å². The third kappa shape index (κ3) is 3.88. The Labute approximate surface area is 123 Å². The number of nitrogens with zero attached hydrogens (tertiary/aromatic N) is 1. The van der Waals surface area contributed by atoms with Crippen molar-refractivity contribution in [2.45, 2.75) is 12.8 Å². The molecule has 1 aromatic rings. The monoisotopic (exact) mass is 293 g/mol. The second kappa shape index (κ2) is 7.54. The van der Waals surface area contributed by atoms with Crippen LogP contribution < -0.4 is 4.90 Å². The van der Waals surface area contributed by atoms with Crippen LogP contribution in [0.25, 0.3) is 0 Å². The van der Waals surface area contributed by atoms with Crippen LogP contribution in [-0.2, 0) is 14.3 Å². The molecule has 1 heterocycles. The maximum Gasteiger partial charge on any atom is 0.308 e. The lowest BCUT2D eigenvalue weighted by Gasteiger charge is -2.32. The average molecular weight is 293 g/mol. The molecule has 0 atom stereocenters. The second-order valence-corrected chi connectivity index (χ2v) is 4.81. The Kier molecular flexibility index (Phi) is 6.05. The van der Waals surface area contributed by atoms with Crippen LogP contribution in [0.15, 0.2) is 24.3 Å². The molecule has 1 aromatic carbocycles. The van der Waals surface area contributed by atoms with Crippen LogP contribution in [0.4, 0.5) is 5.69 Å². The van der Waals surface area contributed by atoms with Crippen LogP contribution in [0.3, 0.4) is 0 Å². The smallest absolute Gasteiger partial charge is 0.308 e. The zero-order valence-corrected chi connectivity index (χ0v) is 11.9. The molecule has 2 rings (SSSR count). The van der Waals surface area contributed by atoms with Gasteiger partial charge in [-0.25, -0.2) is 0 Å². The van der Waals surface area contributed by atoms with Gasteiger partial charge in [0, 0.05) is 24.3 Å². The average Bonchev–Trinajstić information content (AvgIpc) is 2.53. The van der Waals surface area contributed by atoms with E-state index in [1.807, 2.05) is 12.1 Å². The Hall–Kier alpha value is -2.21. The zero-order valence-electron chi connectivity index (χ0n) is 11.9. The summed E-state index contributed by atoms with van der Waals surface area (Å²) in [5.74, 6) is -0.676. The summed E-state index contributed by atoms with van der Waals surface area (Å²) in [7, 11) is 1.41. The molecule has 6 nitrogen and oxygen atoms in total. The van der Waals surface area contributed by atoms with Crippen molar-refractivity contribution in [2.24, 2.45) is 5.92 Å². The lowest BCUT2D eigenvalue weighted by atomic mass is 9.96. The number of esters is 1. The molecular formula is C15H19NO5. The predicted molar refractivity (Wildman–Crippen MR) is 77.4 cm³/mol. The third-order valence-corrected chi connectivity index (χ3v) is 3.65. The first kappa shape index (κ1) is 16.8. The molecule has 0 radical (unpaired) electrons. The lowest BCUT2D eigenvalue weighted by molar-refractivity contribution is -0.146. The second-order valence-electron chi connectivity index (χ2n) is 4.81. The minimum Gasteiger partial charge on any atom is -0.469 e. The van der Waals surface area contributed by atoms with Gasteiger partial charge in [-0.1, -0.05) is 0 Å². The highest BCUT2D eigenvalue weighted by molar-refractivity contribution is 6.33. The number of aldehydes is 1. The van der Waals surface area contributed by atoms with Crippen molar-refractivity contribution in [3.8, 4) is 0 Å². The maximum atomic E-state index is 11.5. The van der Waals surface area contributed by atoms with E-state index in [2.05, 4.69) is 4.90 Å². The first-order valence-corrected chi connectivity index (χ1v) is 6.58. The number of rotatable bonds is 4. The van der Waals surface area contributed by atoms with Gasteiger partial charge >= 0.3 is 5.97 Å². The van der Waals surface area contributed by atoms with E-state index in [1.165, 1.54) is 7.11 Å². The third-order valence-electron chi connectivity index (χ3n) is 3.65. The number of hydrogen-bond donors (Lipinski definition) is 0. The molecule has 114 valence electrons. The van der Waals surface area contributed by atoms with E-state index in [4.69, 9.17) is 4.74 Å². The molecule has 1 saturated heterocycles. The van der Waals surface area contributed by atoms with Crippen LogP contribution in [-0.4, -0.2) is 43.7 Å². The minimum atomic E-state index is -0.513. The Morgan fingerprint density at radius 2 is 1.76 bits per heavy atom. The fourth-order valence-corrected chi connectivity index (χ4v) is 2.44. The molecule has 1 aliphatic heterocycles. The number of hydrogen-bond acceptors (Lipinski definition) is 5. The molecule has 0 amide bonds. The Morgan fingerprint density at radius 1 is 1.19 bits per heavy atom. The van der Waals surface area contributed by atoms with Crippen LogP contribution in [0.1, 0.15) is 23.2 Å². The molecule has 0 aromatic heterocycles. The minimum absolute atomic E-state index is 0. The summed E-state index contributed by atoms with van der Waals surface area (Å²) in [6.07, 6.45) is 1.85. The summed E-state index contributed by atoms with van der Waals surface area (Å²) in [6, 6.07) is 6.96. The van der Waals surface area contributed by atoms with Crippen LogP contribution in [0.2, 0.25) is 0 Å². The Bertz CT molecular complexity index is 503. The standard InChI is InChI=1S/C15H17NO4.H2O/c1-20-15(19)12-6-8-16(9-7-12)13-4-2-11(3-5-13)14(18)10-17;/h2-5,10,12H,6-9H2,1H3;1H2. The molecule has 0 saturated carbocycles. The number of ketones is 1. The molecule has 21 heavy (non-hydrogen) atoms. The molecule has 0 spiro atoms. The van der Waals surface area contributed by atoms with Gasteiger partial charge in [0.1, 0.15) is 0 Å². The molecular weight excluding hydrogens is 274 g/mol. The predicted octanol–water partition coefficient (Wildman–Crippen LogP) is 0.633. The maximum absolute atomic E-state index is 11.5. The van der Waals surface area contributed by atoms with E-state index < -0.39 is 5.78 Å². The zero-order chi connectivity index (χ0) is 14.5.